The van der Waals surface area contributed by atoms with Crippen LogP contribution in [-0.2, 0) is 29.7 Å². The topological polar surface area (TPSA) is 117 Å². The highest BCUT2D eigenvalue weighted by molar-refractivity contribution is 8.13. The van der Waals surface area contributed by atoms with E-state index in [-0.39, 0.29) is 17.9 Å². The first kappa shape index (κ1) is 27.5. The van der Waals surface area contributed by atoms with Crippen molar-refractivity contribution in [3.8, 4) is 0 Å². The van der Waals surface area contributed by atoms with Crippen molar-refractivity contribution in [2.75, 3.05) is 20.2 Å². The summed E-state index contributed by atoms with van der Waals surface area (Å²) in [5, 5.41) is 7.84. The van der Waals surface area contributed by atoms with Gasteiger partial charge in [-0.25, -0.2) is 9.59 Å². The number of ether oxygens (including phenoxy) is 1. The van der Waals surface area contributed by atoms with Crippen molar-refractivity contribution in [3.63, 3.8) is 0 Å². The number of hydrogen-bond donors (Lipinski definition) is 1. The number of fused-ring (bicyclic) bond motifs is 3. The van der Waals surface area contributed by atoms with Crippen molar-refractivity contribution in [3.05, 3.63) is 35.9 Å². The van der Waals surface area contributed by atoms with Crippen molar-refractivity contribution < 1.29 is 42.2 Å². The predicted molar refractivity (Wildman–Crippen MR) is 124 cm³/mol. The van der Waals surface area contributed by atoms with Crippen LogP contribution in [0.25, 0.3) is 0 Å². The van der Waals surface area contributed by atoms with Crippen LogP contribution in [0.1, 0.15) is 25.8 Å². The third kappa shape index (κ3) is 4.56. The molecule has 4 atom stereocenters. The molecule has 2 saturated heterocycles. The van der Waals surface area contributed by atoms with Crippen molar-refractivity contribution in [1.82, 2.24) is 9.80 Å². The molecule has 1 N–H and O–H groups in total. The van der Waals surface area contributed by atoms with E-state index < -0.39 is 35.5 Å². The van der Waals surface area contributed by atoms with Gasteiger partial charge in [-0.1, -0.05) is 49.0 Å². The van der Waals surface area contributed by atoms with Crippen LogP contribution in [0.2, 0.25) is 0 Å². The molecule has 3 aliphatic rings. The van der Waals surface area contributed by atoms with Crippen LogP contribution in [0, 0.1) is 11.8 Å². The minimum absolute atomic E-state index is 0.193. The number of carboxylic acid groups (broad SMARTS) is 1. The van der Waals surface area contributed by atoms with Gasteiger partial charge >= 0.3 is 18.1 Å². The number of alkyl halides is 3. The fourth-order valence-corrected chi connectivity index (χ4v) is 6.18. The molecule has 1 aromatic carbocycles. The van der Waals surface area contributed by atoms with Crippen molar-refractivity contribution >= 4 is 40.7 Å². The number of carbonyl (C=O) groups is 4. The molecule has 13 heteroatoms. The van der Waals surface area contributed by atoms with Gasteiger partial charge in [-0.2, -0.15) is 13.2 Å². The van der Waals surface area contributed by atoms with Gasteiger partial charge in [-0.15, -0.1) is 0 Å². The lowest BCUT2D eigenvalue weighted by Crippen LogP contribution is -2.59. The second-order valence-corrected chi connectivity index (χ2v) is 9.27. The van der Waals surface area contributed by atoms with Gasteiger partial charge in [0, 0.05) is 12.3 Å². The predicted octanol–water partition coefficient (Wildman–Crippen LogP) is 2.55. The van der Waals surface area contributed by atoms with Crippen LogP contribution in [0.15, 0.2) is 35.3 Å². The lowest BCUT2D eigenvalue weighted by molar-refractivity contribution is -0.192. The summed E-state index contributed by atoms with van der Waals surface area (Å²) in [4.78, 5) is 56.1. The van der Waals surface area contributed by atoms with Gasteiger partial charge in [0.2, 0.25) is 11.8 Å². The number of rotatable bonds is 5. The average Bonchev–Trinajstić information content (AvgIpc) is 3.47. The van der Waals surface area contributed by atoms with E-state index in [1.54, 1.807) is 6.92 Å². The minimum Gasteiger partial charge on any atom is -0.475 e. The molecule has 9 nitrogen and oxygen atoms in total. The molecule has 2 amide bonds. The van der Waals surface area contributed by atoms with Gasteiger partial charge in [0.15, 0.2) is 10.7 Å². The van der Waals surface area contributed by atoms with Gasteiger partial charge in [-0.05, 0) is 18.9 Å². The number of thioether (sulfide) groups is 1. The first-order valence-electron chi connectivity index (χ1n) is 11.2. The molecule has 0 bridgehead atoms. The Morgan fingerprint density at radius 3 is 2.31 bits per heavy atom. The standard InChI is InChI=1S/C21H25N3O4S.C2HF3O2/c1-4-21(19(27)28-3)16-15(17(25)23(5-2)18(16)26)14-11-22-20(24(14)21)29-12-13-9-7-6-8-10-13;3-2(4,5)1(6)7/h6-10,14-16H,4-5,11-12H2,1-3H3;(H,6,7)/t14-,15+,16-,21-;/m1./s1. The van der Waals surface area contributed by atoms with E-state index in [2.05, 4.69) is 4.99 Å². The quantitative estimate of drug-likeness (QED) is 0.457. The number of amidine groups is 1. The first-order valence-corrected chi connectivity index (χ1v) is 12.2. The van der Waals surface area contributed by atoms with Crippen LogP contribution < -0.4 is 0 Å². The summed E-state index contributed by atoms with van der Waals surface area (Å²) in [5.74, 6) is -4.26. The normalized spacial score (nSPS) is 26.7. The zero-order valence-corrected chi connectivity index (χ0v) is 20.6. The SMILES string of the molecule is CCN1C(=O)[C@H]2[C@H]3CN=C(SCc4ccccc4)N3[C@@](CC)(C(=O)OC)[C@H]2C1=O.O=C(O)C(F)(F)F. The fourth-order valence-electron chi connectivity index (χ4n) is 5.09. The molecule has 2 fully saturated rings. The maximum atomic E-state index is 13.2. The van der Waals surface area contributed by atoms with E-state index >= 15 is 0 Å². The number of benzene rings is 1. The summed E-state index contributed by atoms with van der Waals surface area (Å²) in [6.45, 7) is 4.38. The molecule has 36 heavy (non-hydrogen) atoms. The van der Waals surface area contributed by atoms with E-state index in [0.29, 0.717) is 30.4 Å². The second-order valence-electron chi connectivity index (χ2n) is 8.33. The van der Waals surface area contributed by atoms with Gasteiger partial charge in [0.25, 0.3) is 0 Å². The Kier molecular flexibility index (Phi) is 8.01. The van der Waals surface area contributed by atoms with E-state index in [1.807, 2.05) is 42.2 Å². The number of imide groups is 1. The molecule has 4 rings (SSSR count). The van der Waals surface area contributed by atoms with Crippen LogP contribution in [0.4, 0.5) is 13.2 Å². The van der Waals surface area contributed by atoms with E-state index in [0.717, 1.165) is 5.56 Å². The molecule has 0 aromatic heterocycles. The summed E-state index contributed by atoms with van der Waals surface area (Å²) in [6.07, 6.45) is -4.71. The summed E-state index contributed by atoms with van der Waals surface area (Å²) in [5.41, 5.74) is -0.0488. The number of hydrogen-bond acceptors (Lipinski definition) is 8. The second kappa shape index (κ2) is 10.5. The maximum absolute atomic E-state index is 13.2. The zero-order chi connectivity index (χ0) is 26.8. The Morgan fingerprint density at radius 2 is 1.81 bits per heavy atom. The van der Waals surface area contributed by atoms with Crippen LogP contribution in [0.5, 0.6) is 0 Å². The molecule has 0 spiro atoms. The third-order valence-electron chi connectivity index (χ3n) is 6.60. The Bertz CT molecular complexity index is 1070. The number of carboxylic acids is 1. The molecule has 1 aromatic rings. The van der Waals surface area contributed by atoms with Crippen LogP contribution in [0.3, 0.4) is 0 Å². The number of aliphatic carboxylic acids is 1. The molecular weight excluding hydrogens is 503 g/mol. The number of nitrogens with zero attached hydrogens (tertiary/aromatic N) is 3. The largest absolute Gasteiger partial charge is 0.490 e. The fraction of sp³-hybridized carbons (Fsp3) is 0.522. The molecule has 3 aliphatic heterocycles. The van der Waals surface area contributed by atoms with Crippen molar-refractivity contribution in [2.24, 2.45) is 16.8 Å². The van der Waals surface area contributed by atoms with E-state index in [9.17, 15) is 27.6 Å². The summed E-state index contributed by atoms with van der Waals surface area (Å²) in [7, 11) is 1.34. The van der Waals surface area contributed by atoms with Gasteiger partial charge < -0.3 is 14.7 Å². The lowest BCUT2D eigenvalue weighted by Gasteiger charge is -2.39. The smallest absolute Gasteiger partial charge is 0.475 e. The molecule has 0 unspecified atom stereocenters. The number of carbonyl (C=O) groups excluding carboxylic acids is 3. The first-order chi connectivity index (χ1) is 16.9. The number of halogens is 3. The molecule has 0 saturated carbocycles. The number of esters is 1. The Labute approximate surface area is 209 Å². The molecule has 3 heterocycles. The lowest BCUT2D eigenvalue weighted by atomic mass is 9.78. The van der Waals surface area contributed by atoms with Gasteiger partial charge in [-0.3, -0.25) is 19.5 Å². The van der Waals surface area contributed by atoms with E-state index in [1.165, 1.54) is 23.8 Å². The monoisotopic (exact) mass is 529 g/mol. The number of likely N-dealkylation sites (tertiary alicyclic amines) is 1. The van der Waals surface area contributed by atoms with Crippen LogP contribution >= 0.6 is 11.8 Å². The Hall–Kier alpha value is -3.09. The number of aliphatic imine (C=N–C) groups is 1. The minimum atomic E-state index is -5.08. The molecule has 0 radical (unpaired) electrons. The Balaban J connectivity index is 0.000000454. The highest BCUT2D eigenvalue weighted by Gasteiger charge is 2.73. The number of methoxy groups -OCH3 is 1. The van der Waals surface area contributed by atoms with Crippen LogP contribution in [-0.4, -0.2) is 81.8 Å². The van der Waals surface area contributed by atoms with E-state index in [4.69, 9.17) is 14.6 Å². The van der Waals surface area contributed by atoms with Gasteiger partial charge in [0.1, 0.15) is 0 Å². The van der Waals surface area contributed by atoms with Crippen molar-refractivity contribution in [1.29, 1.82) is 0 Å². The molecular formula is C23H26F3N3O6S. The summed E-state index contributed by atoms with van der Waals surface area (Å²) < 4.78 is 36.9. The summed E-state index contributed by atoms with van der Waals surface area (Å²) >= 11 is 1.54. The molecule has 196 valence electrons. The number of amides is 2. The Morgan fingerprint density at radius 1 is 1.19 bits per heavy atom. The highest BCUT2D eigenvalue weighted by Crippen LogP contribution is 2.53. The van der Waals surface area contributed by atoms with Gasteiger partial charge in [0.05, 0.1) is 31.5 Å². The average molecular weight is 530 g/mol. The summed E-state index contributed by atoms with van der Waals surface area (Å²) in [6, 6.07) is 9.73. The highest BCUT2D eigenvalue weighted by atomic mass is 32.2. The van der Waals surface area contributed by atoms with Crippen molar-refractivity contribution in [2.45, 2.75) is 43.8 Å². The maximum Gasteiger partial charge on any atom is 0.490 e. The zero-order valence-electron chi connectivity index (χ0n) is 19.8. The molecule has 0 aliphatic carbocycles. The third-order valence-corrected chi connectivity index (χ3v) is 7.66.